The van der Waals surface area contributed by atoms with Crippen molar-refractivity contribution >= 4 is 27.6 Å². The van der Waals surface area contributed by atoms with E-state index in [9.17, 15) is 18.0 Å². The predicted octanol–water partition coefficient (Wildman–Crippen LogP) is 2.28. The molecule has 28 heavy (non-hydrogen) atoms. The SMILES string of the molecule is COC(=O)/C=C(/Nc1ccc(S(=O)(=O)N(C)C2CCCCC2)cc1)C(=O)OC. The number of sulfonamides is 1. The first-order valence-corrected chi connectivity index (χ1v) is 10.5. The summed E-state index contributed by atoms with van der Waals surface area (Å²) in [5.41, 5.74) is 0.309. The standard InChI is InChI=1S/C19H26N2O6S/c1-21(15-7-5-4-6-8-15)28(24,25)16-11-9-14(10-12-16)20-17(19(23)27-3)13-18(22)26-2/h9-13,15,20H,4-8H2,1-3H3/b17-13+. The van der Waals surface area contributed by atoms with Crippen molar-refractivity contribution in [3.05, 3.63) is 36.0 Å². The van der Waals surface area contributed by atoms with Crippen LogP contribution in [0.2, 0.25) is 0 Å². The first-order chi connectivity index (χ1) is 13.3. The summed E-state index contributed by atoms with van der Waals surface area (Å²) in [6.45, 7) is 0. The number of carbonyl (C=O) groups is 2. The van der Waals surface area contributed by atoms with Crippen molar-refractivity contribution in [3.63, 3.8) is 0 Å². The Kier molecular flexibility index (Phi) is 7.59. The lowest BCUT2D eigenvalue weighted by Crippen LogP contribution is -2.38. The Morgan fingerprint density at radius 3 is 2.21 bits per heavy atom. The molecule has 9 heteroatoms. The number of hydrogen-bond donors (Lipinski definition) is 1. The van der Waals surface area contributed by atoms with Gasteiger partial charge in [0, 0.05) is 18.8 Å². The van der Waals surface area contributed by atoms with Gasteiger partial charge in [-0.15, -0.1) is 0 Å². The molecule has 8 nitrogen and oxygen atoms in total. The van der Waals surface area contributed by atoms with Crippen LogP contribution in [0.25, 0.3) is 0 Å². The average molecular weight is 410 g/mol. The molecule has 1 aromatic carbocycles. The highest BCUT2D eigenvalue weighted by molar-refractivity contribution is 7.89. The third-order valence-electron chi connectivity index (χ3n) is 4.77. The molecule has 0 saturated heterocycles. The molecule has 1 saturated carbocycles. The summed E-state index contributed by atoms with van der Waals surface area (Å²) in [6.07, 6.45) is 5.93. The Labute approximate surface area is 165 Å². The van der Waals surface area contributed by atoms with Gasteiger partial charge in [-0.1, -0.05) is 19.3 Å². The van der Waals surface area contributed by atoms with Crippen molar-refractivity contribution in [2.45, 2.75) is 43.0 Å². The minimum absolute atomic E-state index is 0.0190. The second-order valence-corrected chi connectivity index (χ2v) is 8.53. The highest BCUT2D eigenvalue weighted by Gasteiger charge is 2.29. The first-order valence-electron chi connectivity index (χ1n) is 9.02. The highest BCUT2D eigenvalue weighted by atomic mass is 32.2. The zero-order valence-electron chi connectivity index (χ0n) is 16.3. The number of ether oxygens (including phenoxy) is 2. The maximum absolute atomic E-state index is 12.9. The summed E-state index contributed by atoms with van der Waals surface area (Å²) in [6, 6.07) is 5.99. The molecule has 1 aliphatic carbocycles. The maximum atomic E-state index is 12.9. The Balaban J connectivity index is 2.18. The zero-order chi connectivity index (χ0) is 20.7. The predicted molar refractivity (Wildman–Crippen MR) is 104 cm³/mol. The Hall–Kier alpha value is -2.39. The van der Waals surface area contributed by atoms with Crippen LogP contribution < -0.4 is 5.32 Å². The van der Waals surface area contributed by atoms with E-state index in [1.165, 1.54) is 42.8 Å². The second kappa shape index (κ2) is 9.70. The number of hydrogen-bond acceptors (Lipinski definition) is 7. The summed E-state index contributed by atoms with van der Waals surface area (Å²) in [4.78, 5) is 23.4. The van der Waals surface area contributed by atoms with Crippen LogP contribution in [0.3, 0.4) is 0 Å². The molecule has 0 radical (unpaired) electrons. The van der Waals surface area contributed by atoms with E-state index >= 15 is 0 Å². The molecule has 154 valence electrons. The number of benzene rings is 1. The van der Waals surface area contributed by atoms with Crippen LogP contribution in [-0.2, 0) is 29.1 Å². The quantitative estimate of drug-likeness (QED) is 0.543. The molecule has 1 fully saturated rings. The maximum Gasteiger partial charge on any atom is 0.354 e. The van der Waals surface area contributed by atoms with Crippen LogP contribution in [0.1, 0.15) is 32.1 Å². The van der Waals surface area contributed by atoms with Gasteiger partial charge in [-0.05, 0) is 37.1 Å². The van der Waals surface area contributed by atoms with Crippen molar-refractivity contribution in [2.75, 3.05) is 26.6 Å². The lowest BCUT2D eigenvalue weighted by Gasteiger charge is -2.30. The third kappa shape index (κ3) is 5.32. The number of carbonyl (C=O) groups excluding carboxylic acids is 2. The largest absolute Gasteiger partial charge is 0.466 e. The van der Waals surface area contributed by atoms with Crippen molar-refractivity contribution in [3.8, 4) is 0 Å². The molecule has 0 spiro atoms. The fraction of sp³-hybridized carbons (Fsp3) is 0.474. The van der Waals surface area contributed by atoms with Crippen molar-refractivity contribution in [1.29, 1.82) is 0 Å². The molecule has 0 unspecified atom stereocenters. The molecule has 1 aliphatic rings. The van der Waals surface area contributed by atoms with Gasteiger partial charge in [0.25, 0.3) is 0 Å². The molecule has 0 aromatic heterocycles. The van der Waals surface area contributed by atoms with Crippen molar-refractivity contribution < 1.29 is 27.5 Å². The van der Waals surface area contributed by atoms with Gasteiger partial charge in [-0.2, -0.15) is 4.31 Å². The number of esters is 2. The summed E-state index contributed by atoms with van der Waals surface area (Å²) in [7, 11) is 0.392. The Bertz CT molecular complexity index is 826. The van der Waals surface area contributed by atoms with E-state index in [0.29, 0.717) is 5.69 Å². The average Bonchev–Trinajstić information content (AvgIpc) is 2.72. The van der Waals surface area contributed by atoms with E-state index < -0.39 is 22.0 Å². The van der Waals surface area contributed by atoms with Crippen molar-refractivity contribution in [1.82, 2.24) is 4.31 Å². The molecule has 2 rings (SSSR count). The van der Waals surface area contributed by atoms with Crippen LogP contribution in [0.4, 0.5) is 5.69 Å². The summed E-state index contributed by atoms with van der Waals surface area (Å²) >= 11 is 0. The molecule has 0 bridgehead atoms. The van der Waals surface area contributed by atoms with E-state index in [1.54, 1.807) is 7.05 Å². The lowest BCUT2D eigenvalue weighted by molar-refractivity contribution is -0.138. The summed E-state index contributed by atoms with van der Waals surface area (Å²) in [5.74, 6) is -1.47. The number of nitrogens with one attached hydrogen (secondary N) is 1. The lowest BCUT2D eigenvalue weighted by atomic mass is 9.96. The van der Waals surface area contributed by atoms with Gasteiger partial charge in [-0.3, -0.25) is 0 Å². The van der Waals surface area contributed by atoms with Gasteiger partial charge in [0.15, 0.2) is 0 Å². The van der Waals surface area contributed by atoms with E-state index in [0.717, 1.165) is 38.2 Å². The monoisotopic (exact) mass is 410 g/mol. The van der Waals surface area contributed by atoms with Crippen LogP contribution >= 0.6 is 0 Å². The van der Waals surface area contributed by atoms with Crippen LogP contribution in [0.15, 0.2) is 40.9 Å². The second-order valence-electron chi connectivity index (χ2n) is 6.54. The van der Waals surface area contributed by atoms with E-state index in [4.69, 9.17) is 0 Å². The zero-order valence-corrected chi connectivity index (χ0v) is 17.1. The van der Waals surface area contributed by atoms with E-state index in [1.807, 2.05) is 0 Å². The Morgan fingerprint density at radius 1 is 1.07 bits per heavy atom. The fourth-order valence-electron chi connectivity index (χ4n) is 3.11. The number of anilines is 1. The Morgan fingerprint density at radius 2 is 1.68 bits per heavy atom. The van der Waals surface area contributed by atoms with Gasteiger partial charge >= 0.3 is 11.9 Å². The molecule has 1 N–H and O–H groups in total. The number of rotatable bonds is 7. The van der Waals surface area contributed by atoms with Gasteiger partial charge < -0.3 is 14.8 Å². The minimum atomic E-state index is -3.60. The molecule has 0 amide bonds. The molecular weight excluding hydrogens is 384 g/mol. The highest BCUT2D eigenvalue weighted by Crippen LogP contribution is 2.27. The normalized spacial score (nSPS) is 15.9. The van der Waals surface area contributed by atoms with Crippen LogP contribution in [0.5, 0.6) is 0 Å². The molecular formula is C19H26N2O6S. The molecule has 0 aliphatic heterocycles. The topological polar surface area (TPSA) is 102 Å². The third-order valence-corrected chi connectivity index (χ3v) is 6.69. The molecule has 0 atom stereocenters. The fourth-order valence-corrected chi connectivity index (χ4v) is 4.52. The minimum Gasteiger partial charge on any atom is -0.466 e. The summed E-state index contributed by atoms with van der Waals surface area (Å²) in [5, 5.41) is 2.74. The first kappa shape index (κ1) is 21.9. The van der Waals surface area contributed by atoms with Gasteiger partial charge in [-0.25, -0.2) is 18.0 Å². The molecule has 0 heterocycles. The smallest absolute Gasteiger partial charge is 0.354 e. The number of methoxy groups -OCH3 is 2. The van der Waals surface area contributed by atoms with E-state index in [2.05, 4.69) is 14.8 Å². The van der Waals surface area contributed by atoms with Crippen LogP contribution in [0, 0.1) is 0 Å². The van der Waals surface area contributed by atoms with Gasteiger partial charge in [0.05, 0.1) is 25.2 Å². The number of nitrogens with zero attached hydrogens (tertiary/aromatic N) is 1. The molecule has 1 aromatic rings. The van der Waals surface area contributed by atoms with Crippen LogP contribution in [-0.4, -0.2) is 52.0 Å². The van der Waals surface area contributed by atoms with Crippen molar-refractivity contribution in [2.24, 2.45) is 0 Å². The summed E-state index contributed by atoms with van der Waals surface area (Å²) < 4.78 is 36.3. The van der Waals surface area contributed by atoms with Gasteiger partial charge in [0.1, 0.15) is 5.70 Å². The van der Waals surface area contributed by atoms with E-state index in [-0.39, 0.29) is 16.6 Å². The van der Waals surface area contributed by atoms with Gasteiger partial charge in [0.2, 0.25) is 10.0 Å².